The maximum Gasteiger partial charge on any atom is 0.416 e. The van der Waals surface area contributed by atoms with Crippen LogP contribution in [0.15, 0.2) is 22.7 Å². The second-order valence-electron chi connectivity index (χ2n) is 2.87. The number of benzene rings is 1. The molecule has 1 aromatic carbocycles. The highest BCUT2D eigenvalue weighted by Gasteiger charge is 2.31. The fraction of sp³-hybridized carbons (Fsp3) is 0.222. The lowest BCUT2D eigenvalue weighted by atomic mass is 10.2. The fourth-order valence-electron chi connectivity index (χ4n) is 0.981. The molecule has 0 aliphatic carbocycles. The van der Waals surface area contributed by atoms with E-state index >= 15 is 0 Å². The molecule has 1 rings (SSSR count). The molecular formula is C9H6BrClF3NO. The van der Waals surface area contributed by atoms with Gasteiger partial charge in [-0.15, -0.1) is 11.6 Å². The lowest BCUT2D eigenvalue weighted by Gasteiger charge is -2.10. The van der Waals surface area contributed by atoms with Crippen molar-refractivity contribution in [2.24, 2.45) is 0 Å². The van der Waals surface area contributed by atoms with Crippen molar-refractivity contribution >= 4 is 39.1 Å². The Labute approximate surface area is 103 Å². The minimum Gasteiger partial charge on any atom is -0.324 e. The molecule has 0 aromatic heterocycles. The van der Waals surface area contributed by atoms with Gasteiger partial charge in [0.05, 0.1) is 11.3 Å². The predicted molar refractivity (Wildman–Crippen MR) is 58.5 cm³/mol. The number of carbonyl (C=O) groups excluding carboxylic acids is 1. The third-order valence-electron chi connectivity index (χ3n) is 1.69. The molecule has 1 amide bonds. The van der Waals surface area contributed by atoms with Crippen molar-refractivity contribution in [2.75, 3.05) is 11.2 Å². The van der Waals surface area contributed by atoms with Crippen molar-refractivity contribution in [3.05, 3.63) is 28.2 Å². The minimum absolute atomic E-state index is 0.0421. The van der Waals surface area contributed by atoms with Crippen molar-refractivity contribution in [3.8, 4) is 0 Å². The summed E-state index contributed by atoms with van der Waals surface area (Å²) in [7, 11) is 0. The highest BCUT2D eigenvalue weighted by molar-refractivity contribution is 9.10. The molecule has 7 heteroatoms. The Morgan fingerprint density at radius 3 is 2.56 bits per heavy atom. The summed E-state index contributed by atoms with van der Waals surface area (Å²) in [5, 5.41) is 2.25. The van der Waals surface area contributed by atoms with Crippen LogP contribution in [0.25, 0.3) is 0 Å². The van der Waals surface area contributed by atoms with Crippen LogP contribution in [0.2, 0.25) is 0 Å². The number of carbonyl (C=O) groups is 1. The van der Waals surface area contributed by atoms with Crippen LogP contribution >= 0.6 is 27.5 Å². The van der Waals surface area contributed by atoms with E-state index in [1.54, 1.807) is 0 Å². The third-order valence-corrected chi connectivity index (χ3v) is 2.62. The monoisotopic (exact) mass is 315 g/mol. The van der Waals surface area contributed by atoms with Crippen LogP contribution in [-0.2, 0) is 11.0 Å². The topological polar surface area (TPSA) is 29.1 Å². The fourth-order valence-corrected chi connectivity index (χ4v) is 1.39. The maximum atomic E-state index is 12.4. The Bertz CT molecular complexity index is 408. The lowest BCUT2D eigenvalue weighted by Crippen LogP contribution is -2.14. The summed E-state index contributed by atoms with van der Waals surface area (Å²) in [6.45, 7) is 0. The first-order valence-corrected chi connectivity index (χ1v) is 5.40. The maximum absolute atomic E-state index is 12.4. The Hall–Kier alpha value is -0.750. The molecule has 0 saturated carbocycles. The van der Waals surface area contributed by atoms with Crippen molar-refractivity contribution in [2.45, 2.75) is 6.18 Å². The van der Waals surface area contributed by atoms with Crippen LogP contribution in [0.3, 0.4) is 0 Å². The first-order valence-electron chi connectivity index (χ1n) is 4.07. The van der Waals surface area contributed by atoms with Gasteiger partial charge in [0.15, 0.2) is 0 Å². The Morgan fingerprint density at radius 1 is 1.44 bits per heavy atom. The summed E-state index contributed by atoms with van der Waals surface area (Å²) in [5.74, 6) is -0.885. The van der Waals surface area contributed by atoms with Crippen molar-refractivity contribution < 1.29 is 18.0 Å². The molecule has 0 aliphatic rings. The number of halogens is 5. The molecule has 0 aliphatic heterocycles. The van der Waals surface area contributed by atoms with Gasteiger partial charge in [0.1, 0.15) is 5.88 Å². The quantitative estimate of drug-likeness (QED) is 0.829. The molecule has 1 N–H and O–H groups in total. The molecule has 0 bridgehead atoms. The zero-order valence-corrected chi connectivity index (χ0v) is 10.1. The van der Waals surface area contributed by atoms with Crippen LogP contribution in [0.4, 0.5) is 18.9 Å². The lowest BCUT2D eigenvalue weighted by molar-refractivity contribution is -0.137. The van der Waals surface area contributed by atoms with Gasteiger partial charge in [0, 0.05) is 4.47 Å². The van der Waals surface area contributed by atoms with Gasteiger partial charge in [-0.3, -0.25) is 4.79 Å². The zero-order chi connectivity index (χ0) is 12.3. The summed E-state index contributed by atoms with van der Waals surface area (Å²) in [6, 6.07) is 2.97. The smallest absolute Gasteiger partial charge is 0.324 e. The SMILES string of the molecule is O=C(CCl)Nc1cc(C(F)(F)F)ccc1Br. The van der Waals surface area contributed by atoms with Gasteiger partial charge >= 0.3 is 6.18 Å². The summed E-state index contributed by atoms with van der Waals surface area (Å²) in [5.41, 5.74) is -0.791. The number of anilines is 1. The molecule has 0 heterocycles. The Balaban J connectivity index is 3.04. The summed E-state index contributed by atoms with van der Waals surface area (Å²) >= 11 is 8.26. The van der Waals surface area contributed by atoms with Crippen molar-refractivity contribution in [1.29, 1.82) is 0 Å². The van der Waals surface area contributed by atoms with E-state index in [0.29, 0.717) is 4.47 Å². The predicted octanol–water partition coefficient (Wildman–Crippen LogP) is 3.65. The minimum atomic E-state index is -4.44. The van der Waals surface area contributed by atoms with Crippen molar-refractivity contribution in [3.63, 3.8) is 0 Å². The first-order chi connectivity index (χ1) is 7.34. The van der Waals surface area contributed by atoms with Crippen LogP contribution < -0.4 is 5.32 Å². The van der Waals surface area contributed by atoms with E-state index < -0.39 is 17.6 Å². The molecule has 0 atom stereocenters. The molecule has 1 aromatic rings. The molecule has 16 heavy (non-hydrogen) atoms. The third kappa shape index (κ3) is 3.38. The number of rotatable bonds is 2. The molecule has 0 radical (unpaired) electrons. The zero-order valence-electron chi connectivity index (χ0n) is 7.74. The van der Waals surface area contributed by atoms with Crippen LogP contribution in [0, 0.1) is 0 Å². The van der Waals surface area contributed by atoms with Crippen LogP contribution in [-0.4, -0.2) is 11.8 Å². The van der Waals surface area contributed by atoms with E-state index in [0.717, 1.165) is 12.1 Å². The number of nitrogens with one attached hydrogen (secondary N) is 1. The Kier molecular flexibility index (Phi) is 4.21. The van der Waals surface area contributed by atoms with E-state index in [9.17, 15) is 18.0 Å². The Morgan fingerprint density at radius 2 is 2.06 bits per heavy atom. The summed E-state index contributed by atoms with van der Waals surface area (Å²) < 4.78 is 37.5. The summed E-state index contributed by atoms with van der Waals surface area (Å²) in [4.78, 5) is 10.9. The van der Waals surface area contributed by atoms with Gasteiger partial charge in [0.2, 0.25) is 5.91 Å². The van der Waals surface area contributed by atoms with E-state index in [1.165, 1.54) is 6.07 Å². The molecule has 88 valence electrons. The first kappa shape index (κ1) is 13.3. The molecular weight excluding hydrogens is 310 g/mol. The molecule has 0 fully saturated rings. The van der Waals surface area contributed by atoms with Gasteiger partial charge in [-0.1, -0.05) is 0 Å². The van der Waals surface area contributed by atoms with Crippen LogP contribution in [0.1, 0.15) is 5.56 Å². The second kappa shape index (κ2) is 5.05. The van der Waals surface area contributed by atoms with Crippen molar-refractivity contribution in [1.82, 2.24) is 0 Å². The largest absolute Gasteiger partial charge is 0.416 e. The van der Waals surface area contributed by atoms with Gasteiger partial charge in [-0.2, -0.15) is 13.2 Å². The molecule has 0 unspecified atom stereocenters. The number of amides is 1. The highest BCUT2D eigenvalue weighted by atomic mass is 79.9. The summed E-state index contributed by atoms with van der Waals surface area (Å²) in [6.07, 6.45) is -4.44. The van der Waals surface area contributed by atoms with E-state index in [1.807, 2.05) is 0 Å². The van der Waals surface area contributed by atoms with Gasteiger partial charge < -0.3 is 5.32 Å². The average molecular weight is 317 g/mol. The molecule has 0 saturated heterocycles. The molecule has 0 spiro atoms. The second-order valence-corrected chi connectivity index (χ2v) is 4.00. The van der Waals surface area contributed by atoms with Gasteiger partial charge in [0.25, 0.3) is 0 Å². The number of hydrogen-bond acceptors (Lipinski definition) is 1. The van der Waals surface area contributed by atoms with Crippen LogP contribution in [0.5, 0.6) is 0 Å². The van der Waals surface area contributed by atoms with E-state index in [4.69, 9.17) is 11.6 Å². The highest BCUT2D eigenvalue weighted by Crippen LogP contribution is 2.33. The average Bonchev–Trinajstić information content (AvgIpc) is 2.19. The van der Waals surface area contributed by atoms with E-state index in [-0.39, 0.29) is 11.6 Å². The number of hydrogen-bond donors (Lipinski definition) is 1. The number of alkyl halides is 4. The standard InChI is InChI=1S/C9H6BrClF3NO/c10-6-2-1-5(9(12,13)14)3-7(6)15-8(16)4-11/h1-3H,4H2,(H,15,16). The van der Waals surface area contributed by atoms with Gasteiger partial charge in [-0.05, 0) is 34.1 Å². The van der Waals surface area contributed by atoms with E-state index in [2.05, 4.69) is 21.2 Å². The van der Waals surface area contributed by atoms with Gasteiger partial charge in [-0.25, -0.2) is 0 Å². The molecule has 2 nitrogen and oxygen atoms in total. The normalized spacial score (nSPS) is 11.3.